The van der Waals surface area contributed by atoms with Crippen LogP contribution in [0.5, 0.6) is 0 Å². The summed E-state index contributed by atoms with van der Waals surface area (Å²) in [5, 5.41) is 0. The Kier molecular flexibility index (Phi) is 3.05. The molecule has 0 aromatic rings. The molecule has 0 rings (SSSR count). The molecule has 0 nitrogen and oxygen atoms in total. The van der Waals surface area contributed by atoms with Crippen molar-refractivity contribution in [2.75, 3.05) is 0 Å². The van der Waals surface area contributed by atoms with Crippen LogP contribution in [0, 0.1) is 6.08 Å². The monoisotopic (exact) mass is 75.0 g/mol. The zero-order valence-electron chi connectivity index (χ0n) is 2.46. The Labute approximate surface area is 31.1 Å². The fourth-order valence-corrected chi connectivity index (χ4v) is 0. The van der Waals surface area contributed by atoms with E-state index in [0.29, 0.717) is 0 Å². The fraction of sp³-hybridized carbons (Fsp3) is 0.333. The van der Waals surface area contributed by atoms with Crippen LogP contribution in [-0.4, -0.2) is 0 Å². The van der Waals surface area contributed by atoms with E-state index in [4.69, 9.17) is 11.6 Å². The summed E-state index contributed by atoms with van der Waals surface area (Å²) in [6.07, 6.45) is 2.57. The lowest BCUT2D eigenvalue weighted by molar-refractivity contribution is 1.69. The average molecular weight is 75.5 g/mol. The van der Waals surface area contributed by atoms with Gasteiger partial charge in [-0.05, 0) is 13.0 Å². The molecule has 0 saturated carbocycles. The van der Waals surface area contributed by atoms with Crippen LogP contribution < -0.4 is 0 Å². The maximum Gasteiger partial charge on any atom is 0.00746 e. The Bertz CT molecular complexity index is 18.5. The standard InChI is InChI=1S/C3H4Cl/c1-2-3-4/h3H,1H3. The Hall–Kier alpha value is 0.0300. The molecule has 0 unspecified atom stereocenters. The van der Waals surface area contributed by atoms with E-state index in [1.807, 2.05) is 0 Å². The summed E-state index contributed by atoms with van der Waals surface area (Å²) in [6, 6.07) is 0. The molecule has 0 saturated heterocycles. The molecule has 0 atom stereocenters. The van der Waals surface area contributed by atoms with Gasteiger partial charge in [-0.15, -0.1) is 0 Å². The van der Waals surface area contributed by atoms with Crippen LogP contribution in [0.3, 0.4) is 0 Å². The van der Waals surface area contributed by atoms with Gasteiger partial charge in [-0.3, -0.25) is 0 Å². The predicted octanol–water partition coefficient (Wildman–Crippen LogP) is 1.56. The number of halogens is 1. The van der Waals surface area contributed by atoms with Gasteiger partial charge >= 0.3 is 0 Å². The van der Waals surface area contributed by atoms with Crippen molar-refractivity contribution in [3.63, 3.8) is 0 Å². The van der Waals surface area contributed by atoms with E-state index in [1.54, 1.807) is 6.92 Å². The maximum absolute atomic E-state index is 4.95. The minimum atomic E-state index is 1.35. The van der Waals surface area contributed by atoms with E-state index in [0.717, 1.165) is 0 Å². The van der Waals surface area contributed by atoms with Gasteiger partial charge in [0.25, 0.3) is 0 Å². The van der Waals surface area contributed by atoms with E-state index in [-0.39, 0.29) is 0 Å². The lowest BCUT2D eigenvalue weighted by Crippen LogP contribution is -1.23. The lowest BCUT2D eigenvalue weighted by Gasteiger charge is -1.45. The number of allylic oxidation sites excluding steroid dienone is 1. The summed E-state index contributed by atoms with van der Waals surface area (Å²) in [6.45, 7) is 1.74. The van der Waals surface area contributed by atoms with Crippen LogP contribution in [0.15, 0.2) is 5.54 Å². The number of hydrogen-bond acceptors (Lipinski definition) is 0. The Morgan fingerprint density at radius 3 is 2.25 bits per heavy atom. The van der Waals surface area contributed by atoms with Crippen molar-refractivity contribution in [1.82, 2.24) is 0 Å². The van der Waals surface area contributed by atoms with Crippen molar-refractivity contribution in [3.05, 3.63) is 11.6 Å². The van der Waals surface area contributed by atoms with Gasteiger partial charge in [0.15, 0.2) is 0 Å². The van der Waals surface area contributed by atoms with Gasteiger partial charge in [0.1, 0.15) is 0 Å². The van der Waals surface area contributed by atoms with E-state index in [2.05, 4.69) is 6.08 Å². The van der Waals surface area contributed by atoms with Crippen LogP contribution in [0.1, 0.15) is 6.92 Å². The summed E-state index contributed by atoms with van der Waals surface area (Å²) in [4.78, 5) is 0. The number of hydrogen-bond donors (Lipinski definition) is 0. The molecule has 23 valence electrons. The van der Waals surface area contributed by atoms with E-state index in [1.165, 1.54) is 5.54 Å². The molecule has 0 amide bonds. The molecule has 0 spiro atoms. The SMILES string of the molecule is C/[C]=C\Cl. The van der Waals surface area contributed by atoms with Crippen molar-refractivity contribution >= 4 is 11.6 Å². The van der Waals surface area contributed by atoms with Gasteiger partial charge in [0.05, 0.1) is 0 Å². The highest BCUT2D eigenvalue weighted by atomic mass is 35.5. The predicted molar refractivity (Wildman–Crippen MR) is 19.3 cm³/mol. The third kappa shape index (κ3) is 2.03. The first-order valence-corrected chi connectivity index (χ1v) is 1.44. The van der Waals surface area contributed by atoms with Crippen LogP contribution >= 0.6 is 11.6 Å². The Morgan fingerprint density at radius 2 is 2.25 bits per heavy atom. The zero-order chi connectivity index (χ0) is 3.41. The molecular formula is C3H4Cl. The first kappa shape index (κ1) is 4.03. The Balaban J connectivity index is 2.55. The van der Waals surface area contributed by atoms with E-state index in [9.17, 15) is 0 Å². The number of rotatable bonds is 0. The third-order valence-corrected chi connectivity index (χ3v) is 0.327. The molecule has 0 aliphatic carbocycles. The second-order valence-corrected chi connectivity index (χ2v) is 0.616. The first-order valence-electron chi connectivity index (χ1n) is 1.01. The molecular weight excluding hydrogens is 71.5 g/mol. The normalized spacial score (nSPS) is 9.50. The van der Waals surface area contributed by atoms with Gasteiger partial charge in [-0.2, -0.15) is 0 Å². The molecule has 0 aliphatic rings. The summed E-state index contributed by atoms with van der Waals surface area (Å²) in [5.74, 6) is 0. The van der Waals surface area contributed by atoms with Crippen LogP contribution in [0.25, 0.3) is 0 Å². The molecule has 0 aromatic carbocycles. The second kappa shape index (κ2) is 3.03. The second-order valence-electron chi connectivity index (χ2n) is 0.398. The van der Waals surface area contributed by atoms with Gasteiger partial charge in [-0.1, -0.05) is 11.6 Å². The average Bonchev–Trinajstić information content (AvgIpc) is 1.37. The van der Waals surface area contributed by atoms with Crippen LogP contribution in [0.2, 0.25) is 0 Å². The molecule has 0 aromatic heterocycles. The third-order valence-electron chi connectivity index (χ3n) is 0.109. The fourth-order valence-electron chi connectivity index (χ4n) is 0. The van der Waals surface area contributed by atoms with Crippen molar-refractivity contribution in [3.8, 4) is 0 Å². The highest BCUT2D eigenvalue weighted by Gasteiger charge is 1.38. The summed E-state index contributed by atoms with van der Waals surface area (Å²) < 4.78 is 0. The molecule has 0 aliphatic heterocycles. The first-order chi connectivity index (χ1) is 1.91. The smallest absolute Gasteiger partial charge is 0.00746 e. The molecule has 0 bridgehead atoms. The highest BCUT2D eigenvalue weighted by Crippen LogP contribution is 1.69. The minimum absolute atomic E-state index is 1.35. The zero-order valence-corrected chi connectivity index (χ0v) is 3.21. The summed E-state index contributed by atoms with van der Waals surface area (Å²) >= 11 is 4.95. The van der Waals surface area contributed by atoms with Crippen molar-refractivity contribution in [2.24, 2.45) is 0 Å². The topological polar surface area (TPSA) is 0 Å². The minimum Gasteiger partial charge on any atom is -0.0927 e. The molecule has 0 fully saturated rings. The Morgan fingerprint density at radius 1 is 2.00 bits per heavy atom. The van der Waals surface area contributed by atoms with Crippen molar-refractivity contribution in [1.29, 1.82) is 0 Å². The largest absolute Gasteiger partial charge is 0.0927 e. The van der Waals surface area contributed by atoms with Crippen molar-refractivity contribution < 1.29 is 0 Å². The van der Waals surface area contributed by atoms with Gasteiger partial charge < -0.3 is 0 Å². The highest BCUT2D eigenvalue weighted by molar-refractivity contribution is 6.25. The molecule has 0 N–H and O–H groups in total. The maximum atomic E-state index is 4.95. The van der Waals surface area contributed by atoms with E-state index < -0.39 is 0 Å². The van der Waals surface area contributed by atoms with Gasteiger partial charge in [0, 0.05) is 5.54 Å². The molecule has 0 heterocycles. The quantitative estimate of drug-likeness (QED) is 0.410. The lowest BCUT2D eigenvalue weighted by atomic mass is 10.8. The summed E-state index contributed by atoms with van der Waals surface area (Å²) in [5.41, 5.74) is 1.35. The van der Waals surface area contributed by atoms with Gasteiger partial charge in [0.2, 0.25) is 0 Å². The van der Waals surface area contributed by atoms with E-state index >= 15 is 0 Å². The molecule has 1 heteroatoms. The summed E-state index contributed by atoms with van der Waals surface area (Å²) in [7, 11) is 0. The molecule has 1 radical (unpaired) electrons. The molecule has 4 heavy (non-hydrogen) atoms. The van der Waals surface area contributed by atoms with Gasteiger partial charge in [-0.25, -0.2) is 0 Å². The van der Waals surface area contributed by atoms with Crippen molar-refractivity contribution in [2.45, 2.75) is 6.92 Å². The van der Waals surface area contributed by atoms with Crippen LogP contribution in [0.4, 0.5) is 0 Å². The van der Waals surface area contributed by atoms with Crippen LogP contribution in [-0.2, 0) is 0 Å².